The molecule has 19 heavy (non-hydrogen) atoms. The summed E-state index contributed by atoms with van der Waals surface area (Å²) in [6, 6.07) is -0.701. The number of amides is 2. The fourth-order valence-corrected chi connectivity index (χ4v) is 2.86. The van der Waals surface area contributed by atoms with Crippen molar-refractivity contribution < 1.29 is 18.4 Å². The van der Waals surface area contributed by atoms with Gasteiger partial charge < -0.3 is 10.2 Å². The Balaban J connectivity index is 2.30. The van der Waals surface area contributed by atoms with Gasteiger partial charge in [-0.25, -0.2) is 8.78 Å². The van der Waals surface area contributed by atoms with Crippen LogP contribution in [-0.4, -0.2) is 41.3 Å². The van der Waals surface area contributed by atoms with Gasteiger partial charge in [-0.05, 0) is 31.6 Å². The quantitative estimate of drug-likeness (QED) is 0.827. The van der Waals surface area contributed by atoms with E-state index in [1.165, 1.54) is 0 Å². The summed E-state index contributed by atoms with van der Waals surface area (Å²) in [5.41, 5.74) is -1.00. The average Bonchev–Trinajstić information content (AvgIpc) is 3.17. The molecule has 1 aliphatic carbocycles. The lowest BCUT2D eigenvalue weighted by molar-refractivity contribution is -0.158. The molecule has 1 aliphatic heterocycles. The van der Waals surface area contributed by atoms with Gasteiger partial charge in [-0.1, -0.05) is 13.8 Å². The molecule has 1 heterocycles. The fraction of sp³-hybridized carbons (Fsp3) is 0.846. The Hall–Kier alpha value is -1.20. The zero-order valence-corrected chi connectivity index (χ0v) is 11.3. The first-order valence-electron chi connectivity index (χ1n) is 6.86. The van der Waals surface area contributed by atoms with E-state index >= 15 is 0 Å². The molecule has 0 radical (unpaired) electrons. The Kier molecular flexibility index (Phi) is 3.78. The Labute approximate surface area is 111 Å². The predicted molar refractivity (Wildman–Crippen MR) is 65.7 cm³/mol. The van der Waals surface area contributed by atoms with Gasteiger partial charge in [-0.3, -0.25) is 9.59 Å². The highest BCUT2D eigenvalue weighted by Gasteiger charge is 2.53. The van der Waals surface area contributed by atoms with Crippen molar-refractivity contribution in [2.75, 3.05) is 6.54 Å². The first-order valence-corrected chi connectivity index (χ1v) is 6.86. The van der Waals surface area contributed by atoms with Gasteiger partial charge in [-0.15, -0.1) is 0 Å². The number of halogens is 2. The summed E-state index contributed by atoms with van der Waals surface area (Å²) in [5.74, 6) is -0.574. The van der Waals surface area contributed by atoms with Crippen molar-refractivity contribution in [1.82, 2.24) is 10.2 Å². The summed E-state index contributed by atoms with van der Waals surface area (Å²) in [5, 5.41) is 2.78. The van der Waals surface area contributed by atoms with Gasteiger partial charge in [0.1, 0.15) is 11.6 Å². The van der Waals surface area contributed by atoms with Crippen molar-refractivity contribution in [3.63, 3.8) is 0 Å². The van der Waals surface area contributed by atoms with Crippen molar-refractivity contribution >= 4 is 11.8 Å². The molecule has 2 fully saturated rings. The van der Waals surface area contributed by atoms with Crippen LogP contribution in [0.2, 0.25) is 0 Å². The van der Waals surface area contributed by atoms with E-state index in [9.17, 15) is 18.4 Å². The summed E-state index contributed by atoms with van der Waals surface area (Å²) in [4.78, 5) is 25.8. The maximum atomic E-state index is 12.7. The van der Waals surface area contributed by atoms with E-state index in [1.54, 1.807) is 13.8 Å². The third kappa shape index (κ3) is 2.44. The van der Waals surface area contributed by atoms with Gasteiger partial charge in [-0.2, -0.15) is 0 Å². The van der Waals surface area contributed by atoms with E-state index in [1.807, 2.05) is 0 Å². The predicted octanol–water partition coefficient (Wildman–Crippen LogP) is 1.55. The first-order chi connectivity index (χ1) is 8.95. The van der Waals surface area contributed by atoms with Crippen molar-refractivity contribution in [3.05, 3.63) is 0 Å². The zero-order chi connectivity index (χ0) is 14.2. The minimum absolute atomic E-state index is 0.0504. The van der Waals surface area contributed by atoms with Crippen LogP contribution in [0.4, 0.5) is 8.78 Å². The molecule has 0 spiro atoms. The molecule has 1 saturated carbocycles. The maximum absolute atomic E-state index is 12.7. The van der Waals surface area contributed by atoms with Crippen LogP contribution in [0.1, 0.15) is 39.5 Å². The van der Waals surface area contributed by atoms with E-state index < -0.39 is 24.6 Å². The molecule has 1 unspecified atom stereocenters. The van der Waals surface area contributed by atoms with E-state index in [0.717, 1.165) is 17.7 Å². The molecule has 108 valence electrons. The second-order valence-corrected chi connectivity index (χ2v) is 5.41. The number of hydrogen-bond acceptors (Lipinski definition) is 2. The van der Waals surface area contributed by atoms with Crippen molar-refractivity contribution in [3.8, 4) is 0 Å². The Morgan fingerprint density at radius 2 is 1.89 bits per heavy atom. The summed E-state index contributed by atoms with van der Waals surface area (Å²) >= 11 is 0. The molecule has 0 aromatic heterocycles. The summed E-state index contributed by atoms with van der Waals surface area (Å²) in [6.45, 7) is 2.94. The maximum Gasteiger partial charge on any atom is 0.255 e. The van der Waals surface area contributed by atoms with Gasteiger partial charge >= 0.3 is 0 Å². The lowest BCUT2D eigenvalue weighted by Crippen LogP contribution is -2.71. The number of hydrogen-bond donors (Lipinski definition) is 1. The molecule has 2 rings (SSSR count). The highest BCUT2D eigenvalue weighted by molar-refractivity contribution is 6.00. The molecular formula is C13H20F2N2O2. The van der Waals surface area contributed by atoms with Crippen LogP contribution in [0.15, 0.2) is 0 Å². The lowest BCUT2D eigenvalue weighted by atomic mass is 9.86. The van der Waals surface area contributed by atoms with E-state index in [-0.39, 0.29) is 17.7 Å². The second kappa shape index (κ2) is 5.06. The smallest absolute Gasteiger partial charge is 0.255 e. The monoisotopic (exact) mass is 274 g/mol. The molecule has 0 aromatic carbocycles. The molecule has 4 nitrogen and oxygen atoms in total. The minimum atomic E-state index is -2.61. The summed E-state index contributed by atoms with van der Waals surface area (Å²) in [6.07, 6.45) is -0.106. The molecule has 1 N–H and O–H groups in total. The number of nitrogens with one attached hydrogen (secondary N) is 1. The molecule has 2 aliphatic rings. The van der Waals surface area contributed by atoms with Gasteiger partial charge in [0, 0.05) is 0 Å². The number of carbonyl (C=O) groups excluding carboxylic acids is 2. The zero-order valence-electron chi connectivity index (χ0n) is 11.3. The largest absolute Gasteiger partial charge is 0.340 e. The van der Waals surface area contributed by atoms with Crippen molar-refractivity contribution in [1.29, 1.82) is 0 Å². The van der Waals surface area contributed by atoms with Crippen molar-refractivity contribution in [2.45, 2.75) is 57.5 Å². The minimum Gasteiger partial charge on any atom is -0.340 e. The normalized spacial score (nSPS) is 26.8. The molecule has 6 heteroatoms. The molecule has 1 atom stereocenters. The third-order valence-corrected chi connectivity index (χ3v) is 4.25. The first kappa shape index (κ1) is 14.2. The number of rotatable bonds is 5. The van der Waals surface area contributed by atoms with Gasteiger partial charge in [0.05, 0.1) is 6.54 Å². The Morgan fingerprint density at radius 1 is 1.32 bits per heavy atom. The molecule has 0 bridgehead atoms. The average molecular weight is 274 g/mol. The van der Waals surface area contributed by atoms with Crippen LogP contribution in [0.5, 0.6) is 0 Å². The van der Waals surface area contributed by atoms with Gasteiger partial charge in [0.25, 0.3) is 6.43 Å². The van der Waals surface area contributed by atoms with Crippen LogP contribution in [0.25, 0.3) is 0 Å². The Bertz CT molecular complexity index is 379. The molecule has 2 amide bonds. The highest BCUT2D eigenvalue weighted by Crippen LogP contribution is 2.39. The number of alkyl halides is 2. The van der Waals surface area contributed by atoms with Crippen LogP contribution in [-0.2, 0) is 9.59 Å². The molecule has 1 saturated heterocycles. The topological polar surface area (TPSA) is 49.4 Å². The summed E-state index contributed by atoms with van der Waals surface area (Å²) in [7, 11) is 0. The van der Waals surface area contributed by atoms with Crippen LogP contribution < -0.4 is 5.32 Å². The highest BCUT2D eigenvalue weighted by atomic mass is 19.3. The SMILES string of the molecule is CCC1(CC)NC(=O)C(C2CC2)N(CC(F)F)C1=O. The number of piperazine rings is 1. The molecular weight excluding hydrogens is 254 g/mol. The summed E-state index contributed by atoms with van der Waals surface area (Å²) < 4.78 is 25.4. The number of nitrogens with zero attached hydrogens (tertiary/aromatic N) is 1. The van der Waals surface area contributed by atoms with Gasteiger partial charge in [0.2, 0.25) is 11.8 Å². The second-order valence-electron chi connectivity index (χ2n) is 5.41. The third-order valence-electron chi connectivity index (χ3n) is 4.25. The van der Waals surface area contributed by atoms with Crippen molar-refractivity contribution in [2.24, 2.45) is 5.92 Å². The van der Waals surface area contributed by atoms with Crippen LogP contribution >= 0.6 is 0 Å². The van der Waals surface area contributed by atoms with E-state index in [0.29, 0.717) is 12.8 Å². The number of carbonyl (C=O) groups is 2. The van der Waals surface area contributed by atoms with E-state index in [2.05, 4.69) is 5.32 Å². The standard InChI is InChI=1S/C13H20F2N2O2/c1-3-13(4-2)12(19)17(7-9(14)15)10(8-5-6-8)11(18)16-13/h8-10H,3-7H2,1-2H3,(H,16,18). The lowest BCUT2D eigenvalue weighted by Gasteiger charge is -2.45. The fourth-order valence-electron chi connectivity index (χ4n) is 2.86. The van der Waals surface area contributed by atoms with Crippen LogP contribution in [0, 0.1) is 5.92 Å². The van der Waals surface area contributed by atoms with E-state index in [4.69, 9.17) is 0 Å². The Morgan fingerprint density at radius 3 is 2.32 bits per heavy atom. The molecule has 0 aromatic rings. The van der Waals surface area contributed by atoms with Gasteiger partial charge in [0.15, 0.2) is 0 Å². The van der Waals surface area contributed by atoms with Crippen LogP contribution in [0.3, 0.4) is 0 Å².